The summed E-state index contributed by atoms with van der Waals surface area (Å²) in [4.78, 5) is 25.9. The second-order valence-electron chi connectivity index (χ2n) is 8.69. The lowest BCUT2D eigenvalue weighted by Gasteiger charge is -2.31. The maximum atomic E-state index is 13.8. The summed E-state index contributed by atoms with van der Waals surface area (Å²) < 4.78 is 38.7. The Bertz CT molecular complexity index is 1200. The van der Waals surface area contributed by atoms with E-state index in [2.05, 4.69) is 9.88 Å². The number of rotatable bonds is 5. The predicted octanol–water partition coefficient (Wildman–Crippen LogP) is 5.23. The van der Waals surface area contributed by atoms with Gasteiger partial charge in [0.1, 0.15) is 12.4 Å². The third-order valence-electron chi connectivity index (χ3n) is 6.22. The van der Waals surface area contributed by atoms with Crippen LogP contribution in [0.15, 0.2) is 48.5 Å². The minimum atomic E-state index is -1.01. The van der Waals surface area contributed by atoms with Crippen molar-refractivity contribution in [3.05, 3.63) is 77.0 Å². The summed E-state index contributed by atoms with van der Waals surface area (Å²) in [6.45, 7) is 2.51. The van der Waals surface area contributed by atoms with Gasteiger partial charge in [-0.3, -0.25) is 0 Å². The number of fused-ring (bicyclic) bond motifs is 1. The third kappa shape index (κ3) is 5.34. The number of carbonyl (C=O) groups is 1. The molecule has 1 amide bonds. The van der Waals surface area contributed by atoms with Crippen LogP contribution in [0, 0.1) is 11.6 Å². The fourth-order valence-electron chi connectivity index (χ4n) is 4.31. The quantitative estimate of drug-likeness (QED) is 0.498. The number of ether oxygens (including phenoxy) is 2. The second kappa shape index (κ2) is 10.2. The summed E-state index contributed by atoms with van der Waals surface area (Å²) in [6, 6.07) is 12.8. The molecule has 1 aromatic heterocycles. The lowest BCUT2D eigenvalue weighted by molar-refractivity contribution is 0.0912. The Kier molecular flexibility index (Phi) is 6.74. The first-order valence-corrected chi connectivity index (χ1v) is 11.8. The molecule has 3 aromatic rings. The van der Waals surface area contributed by atoms with E-state index in [4.69, 9.17) is 14.5 Å². The molecule has 0 saturated carbocycles. The van der Waals surface area contributed by atoms with E-state index in [1.54, 1.807) is 4.90 Å². The van der Waals surface area contributed by atoms with Crippen LogP contribution in [0.5, 0.6) is 11.6 Å². The zero-order chi connectivity index (χ0) is 24.2. The number of benzene rings is 2. The van der Waals surface area contributed by atoms with Crippen molar-refractivity contribution < 1.29 is 23.0 Å². The highest BCUT2D eigenvalue weighted by molar-refractivity contribution is 5.68. The summed E-state index contributed by atoms with van der Waals surface area (Å²) in [7, 11) is 0. The van der Waals surface area contributed by atoms with E-state index < -0.39 is 17.7 Å². The molecule has 2 aromatic carbocycles. The van der Waals surface area contributed by atoms with Gasteiger partial charge < -0.3 is 19.3 Å². The average Bonchev–Trinajstić information content (AvgIpc) is 2.90. The van der Waals surface area contributed by atoms with E-state index in [0.29, 0.717) is 24.5 Å². The first-order valence-electron chi connectivity index (χ1n) is 11.8. The van der Waals surface area contributed by atoms with Gasteiger partial charge in [-0.05, 0) is 37.0 Å². The lowest BCUT2D eigenvalue weighted by Crippen LogP contribution is -2.38. The molecule has 0 unspecified atom stereocenters. The Morgan fingerprint density at radius 2 is 1.74 bits per heavy atom. The van der Waals surface area contributed by atoms with Gasteiger partial charge in [0.25, 0.3) is 0 Å². The number of halogens is 2. The summed E-state index contributed by atoms with van der Waals surface area (Å²) in [5, 5.41) is 0. The molecular weight excluding hydrogens is 454 g/mol. The van der Waals surface area contributed by atoms with Gasteiger partial charge >= 0.3 is 6.09 Å². The number of carbonyl (C=O) groups excluding carboxylic acids is 1. The van der Waals surface area contributed by atoms with E-state index in [1.165, 1.54) is 12.5 Å². The normalized spacial score (nSPS) is 15.5. The molecule has 2 aliphatic heterocycles. The molecule has 182 valence electrons. The molecule has 0 bridgehead atoms. The van der Waals surface area contributed by atoms with Crippen LogP contribution in [-0.2, 0) is 24.3 Å². The maximum Gasteiger partial charge on any atom is 0.410 e. The van der Waals surface area contributed by atoms with Crippen molar-refractivity contribution in [3.8, 4) is 11.6 Å². The molecule has 5 rings (SSSR count). The Hall–Kier alpha value is -3.75. The van der Waals surface area contributed by atoms with Crippen molar-refractivity contribution in [3.63, 3.8) is 0 Å². The van der Waals surface area contributed by atoms with E-state index >= 15 is 0 Å². The Morgan fingerprint density at radius 3 is 2.51 bits per heavy atom. The molecule has 0 atom stereocenters. The van der Waals surface area contributed by atoms with Crippen molar-refractivity contribution in [1.82, 2.24) is 14.9 Å². The number of nitrogens with zero attached hydrogens (tertiary/aromatic N) is 4. The smallest absolute Gasteiger partial charge is 0.410 e. The fraction of sp³-hybridized carbons (Fsp3) is 0.346. The third-order valence-corrected chi connectivity index (χ3v) is 6.22. The molecule has 0 radical (unpaired) electrons. The number of amides is 1. The van der Waals surface area contributed by atoms with Gasteiger partial charge in [-0.25, -0.2) is 18.6 Å². The SMILES string of the molecule is O=C(OCc1ccccc1)N1CCc2nc(N3CCCCC3)nc(Oc3ccc(F)c(F)c3)c2C1. The summed E-state index contributed by atoms with van der Waals surface area (Å²) in [5.41, 5.74) is 2.32. The van der Waals surface area contributed by atoms with Crippen LogP contribution in [0.25, 0.3) is 0 Å². The monoisotopic (exact) mass is 480 g/mol. The zero-order valence-corrected chi connectivity index (χ0v) is 19.3. The Morgan fingerprint density at radius 1 is 0.943 bits per heavy atom. The van der Waals surface area contributed by atoms with Crippen LogP contribution >= 0.6 is 0 Å². The minimum absolute atomic E-state index is 0.123. The molecule has 0 aliphatic carbocycles. The van der Waals surface area contributed by atoms with E-state index in [9.17, 15) is 13.6 Å². The van der Waals surface area contributed by atoms with Crippen molar-refractivity contribution in [2.75, 3.05) is 24.5 Å². The van der Waals surface area contributed by atoms with Gasteiger partial charge in [0, 0.05) is 32.1 Å². The molecule has 7 nitrogen and oxygen atoms in total. The molecule has 35 heavy (non-hydrogen) atoms. The van der Waals surface area contributed by atoms with Gasteiger partial charge in [-0.15, -0.1) is 0 Å². The van der Waals surface area contributed by atoms with Crippen LogP contribution in [0.3, 0.4) is 0 Å². The maximum absolute atomic E-state index is 13.8. The molecule has 1 saturated heterocycles. The summed E-state index contributed by atoms with van der Waals surface area (Å²) in [6.07, 6.45) is 3.34. The van der Waals surface area contributed by atoms with E-state index in [0.717, 1.165) is 49.3 Å². The highest BCUT2D eigenvalue weighted by Gasteiger charge is 2.29. The number of hydrogen-bond donors (Lipinski definition) is 0. The predicted molar refractivity (Wildman–Crippen MR) is 125 cm³/mol. The average molecular weight is 481 g/mol. The molecule has 2 aliphatic rings. The van der Waals surface area contributed by atoms with Gasteiger partial charge in [0.05, 0.1) is 17.8 Å². The van der Waals surface area contributed by atoms with E-state index in [-0.39, 0.29) is 24.8 Å². The molecule has 0 N–H and O–H groups in total. The topological polar surface area (TPSA) is 67.8 Å². The summed E-state index contributed by atoms with van der Waals surface area (Å²) >= 11 is 0. The fourth-order valence-corrected chi connectivity index (χ4v) is 4.31. The number of piperidine rings is 1. The highest BCUT2D eigenvalue weighted by atomic mass is 19.2. The highest BCUT2D eigenvalue weighted by Crippen LogP contribution is 2.32. The largest absolute Gasteiger partial charge is 0.445 e. The summed E-state index contributed by atoms with van der Waals surface area (Å²) in [5.74, 6) is -1.04. The molecule has 9 heteroatoms. The van der Waals surface area contributed by atoms with Crippen molar-refractivity contribution in [1.29, 1.82) is 0 Å². The molecule has 1 fully saturated rings. The lowest BCUT2D eigenvalue weighted by atomic mass is 10.1. The van der Waals surface area contributed by atoms with Crippen molar-refractivity contribution in [2.45, 2.75) is 38.8 Å². The number of anilines is 1. The Balaban J connectivity index is 1.40. The van der Waals surface area contributed by atoms with Crippen LogP contribution < -0.4 is 9.64 Å². The second-order valence-corrected chi connectivity index (χ2v) is 8.69. The molecule has 3 heterocycles. The van der Waals surface area contributed by atoms with Crippen LogP contribution in [0.4, 0.5) is 19.5 Å². The van der Waals surface area contributed by atoms with Gasteiger partial charge in [0.15, 0.2) is 11.6 Å². The van der Waals surface area contributed by atoms with Crippen LogP contribution in [0.2, 0.25) is 0 Å². The zero-order valence-electron chi connectivity index (χ0n) is 19.3. The number of hydrogen-bond acceptors (Lipinski definition) is 6. The van der Waals surface area contributed by atoms with Gasteiger partial charge in [-0.2, -0.15) is 4.98 Å². The van der Waals surface area contributed by atoms with Gasteiger partial charge in [0.2, 0.25) is 11.8 Å². The number of aromatic nitrogens is 2. The Labute approximate surface area is 202 Å². The van der Waals surface area contributed by atoms with Crippen LogP contribution in [0.1, 0.15) is 36.1 Å². The molecular formula is C26H26F2N4O3. The standard InChI is InChI=1S/C26H26F2N4O3/c27-21-10-9-19(15-22(21)28)35-24-20-16-32(26(33)34-17-18-7-3-1-4-8-18)14-11-23(20)29-25(30-24)31-12-5-2-6-13-31/h1,3-4,7-10,15H,2,5-6,11-14,16-17H2. The van der Waals surface area contributed by atoms with Crippen molar-refractivity contribution >= 4 is 12.0 Å². The van der Waals surface area contributed by atoms with Crippen LogP contribution in [-0.4, -0.2) is 40.6 Å². The minimum Gasteiger partial charge on any atom is -0.445 e. The van der Waals surface area contributed by atoms with E-state index in [1.807, 2.05) is 30.3 Å². The first kappa shape index (κ1) is 23.0. The first-order chi connectivity index (χ1) is 17.1. The van der Waals surface area contributed by atoms with Gasteiger partial charge in [-0.1, -0.05) is 30.3 Å². The molecule has 0 spiro atoms. The van der Waals surface area contributed by atoms with Crippen molar-refractivity contribution in [2.24, 2.45) is 0 Å².